The first-order valence-electron chi connectivity index (χ1n) is 12.3. The Bertz CT molecular complexity index is 1730. The number of carbonyl (C=O) groups is 1. The lowest BCUT2D eigenvalue weighted by Crippen LogP contribution is -2.44. The third kappa shape index (κ3) is 3.16. The summed E-state index contributed by atoms with van der Waals surface area (Å²) in [7, 11) is 0. The van der Waals surface area contributed by atoms with Crippen LogP contribution in [0.1, 0.15) is 35.6 Å². The molecule has 1 atom stereocenters. The number of rotatable bonds is 4. The van der Waals surface area contributed by atoms with E-state index in [0.29, 0.717) is 34.9 Å². The smallest absolute Gasteiger partial charge is 0.343 e. The molecule has 0 fully saturated rings. The molecule has 0 amide bonds. The van der Waals surface area contributed by atoms with Crippen molar-refractivity contribution >= 4 is 22.6 Å². The van der Waals surface area contributed by atoms with Gasteiger partial charge >= 0.3 is 5.97 Å². The van der Waals surface area contributed by atoms with Gasteiger partial charge in [-0.1, -0.05) is 6.92 Å². The van der Waals surface area contributed by atoms with Crippen LogP contribution in [0.2, 0.25) is 0 Å². The van der Waals surface area contributed by atoms with Gasteiger partial charge in [-0.15, -0.1) is 0 Å². The highest BCUT2D eigenvalue weighted by molar-refractivity contribution is 5.91. The van der Waals surface area contributed by atoms with E-state index in [2.05, 4.69) is 5.32 Å². The molecule has 0 radical (unpaired) electrons. The SMILES string of the molecule is CC[C@@]1(O)C(=O)OCc2c1cc1n(c2=O)Cc2c-1nc1cc3c(cc1c2CNc1ccc(F)cc1)OCO3. The second kappa shape index (κ2) is 8.03. The number of aromatic nitrogens is 2. The third-order valence-corrected chi connectivity index (χ3v) is 7.61. The van der Waals surface area contributed by atoms with E-state index in [1.807, 2.05) is 6.07 Å². The van der Waals surface area contributed by atoms with Crippen LogP contribution in [-0.4, -0.2) is 27.4 Å². The van der Waals surface area contributed by atoms with Gasteiger partial charge in [-0.25, -0.2) is 14.2 Å². The van der Waals surface area contributed by atoms with Gasteiger partial charge in [0, 0.05) is 34.8 Å². The van der Waals surface area contributed by atoms with Crippen molar-refractivity contribution in [3.05, 3.63) is 80.9 Å². The van der Waals surface area contributed by atoms with Crippen LogP contribution >= 0.6 is 0 Å². The number of esters is 1. The minimum absolute atomic E-state index is 0.0655. The summed E-state index contributed by atoms with van der Waals surface area (Å²) in [6.07, 6.45) is 0.0655. The van der Waals surface area contributed by atoms with Gasteiger partial charge in [0.05, 0.1) is 29.0 Å². The maximum Gasteiger partial charge on any atom is 0.343 e. The summed E-state index contributed by atoms with van der Waals surface area (Å²) < 4.78 is 31.4. The summed E-state index contributed by atoms with van der Waals surface area (Å²) in [6, 6.07) is 11.5. The van der Waals surface area contributed by atoms with Crippen molar-refractivity contribution in [1.82, 2.24) is 9.55 Å². The Hall–Kier alpha value is -4.44. The Morgan fingerprint density at radius 2 is 1.84 bits per heavy atom. The van der Waals surface area contributed by atoms with Gasteiger partial charge in [-0.3, -0.25) is 4.79 Å². The molecule has 0 saturated heterocycles. The molecule has 3 aliphatic heterocycles. The molecule has 7 rings (SSSR count). The van der Waals surface area contributed by atoms with E-state index in [4.69, 9.17) is 19.2 Å². The summed E-state index contributed by atoms with van der Waals surface area (Å²) in [5.41, 5.74) is 2.51. The number of pyridine rings is 2. The molecule has 2 N–H and O–H groups in total. The molecule has 192 valence electrons. The molecule has 0 aliphatic carbocycles. The molecule has 10 heteroatoms. The number of ether oxygens (including phenoxy) is 3. The monoisotopic (exact) mass is 515 g/mol. The highest BCUT2D eigenvalue weighted by Crippen LogP contribution is 2.43. The number of cyclic esters (lactones) is 1. The summed E-state index contributed by atoms with van der Waals surface area (Å²) in [5, 5.41) is 15.3. The molecule has 0 bridgehead atoms. The van der Waals surface area contributed by atoms with Crippen molar-refractivity contribution in [1.29, 1.82) is 0 Å². The van der Waals surface area contributed by atoms with Crippen LogP contribution < -0.4 is 20.3 Å². The Balaban J connectivity index is 1.43. The van der Waals surface area contributed by atoms with E-state index in [-0.39, 0.29) is 48.9 Å². The topological polar surface area (TPSA) is 112 Å². The Kier molecular flexibility index (Phi) is 4.80. The number of anilines is 1. The van der Waals surface area contributed by atoms with Crippen molar-refractivity contribution in [2.24, 2.45) is 0 Å². The molecular weight excluding hydrogens is 493 g/mol. The minimum atomic E-state index is -1.90. The largest absolute Gasteiger partial charge is 0.458 e. The lowest BCUT2D eigenvalue weighted by atomic mass is 9.86. The number of benzene rings is 2. The summed E-state index contributed by atoms with van der Waals surface area (Å²) in [4.78, 5) is 31.0. The van der Waals surface area contributed by atoms with Crippen LogP contribution in [0.3, 0.4) is 0 Å². The summed E-state index contributed by atoms with van der Waals surface area (Å²) in [6.45, 7) is 2.22. The molecule has 0 unspecified atom stereocenters. The van der Waals surface area contributed by atoms with Crippen molar-refractivity contribution in [3.63, 3.8) is 0 Å². The second-order valence-corrected chi connectivity index (χ2v) is 9.60. The summed E-state index contributed by atoms with van der Waals surface area (Å²) in [5.74, 6) is 0.0886. The first kappa shape index (κ1) is 22.7. The minimum Gasteiger partial charge on any atom is -0.458 e. The van der Waals surface area contributed by atoms with Crippen LogP contribution in [0.4, 0.5) is 10.1 Å². The van der Waals surface area contributed by atoms with Crippen LogP contribution in [0.25, 0.3) is 22.3 Å². The zero-order chi connectivity index (χ0) is 26.2. The summed E-state index contributed by atoms with van der Waals surface area (Å²) >= 11 is 0. The molecule has 0 spiro atoms. The first-order valence-corrected chi connectivity index (χ1v) is 12.3. The fourth-order valence-corrected chi connectivity index (χ4v) is 5.51. The highest BCUT2D eigenvalue weighted by atomic mass is 19.1. The highest BCUT2D eigenvalue weighted by Gasteiger charge is 2.45. The van der Waals surface area contributed by atoms with Gasteiger partial charge < -0.3 is 29.2 Å². The van der Waals surface area contributed by atoms with Crippen LogP contribution in [0.5, 0.6) is 11.5 Å². The van der Waals surface area contributed by atoms with E-state index in [0.717, 1.165) is 22.2 Å². The Labute approximate surface area is 215 Å². The second-order valence-electron chi connectivity index (χ2n) is 9.60. The van der Waals surface area contributed by atoms with Crippen LogP contribution in [0, 0.1) is 5.82 Å². The van der Waals surface area contributed by atoms with Crippen LogP contribution in [-0.2, 0) is 34.8 Å². The van der Waals surface area contributed by atoms with E-state index in [1.54, 1.807) is 35.8 Å². The fraction of sp³-hybridized carbons (Fsp3) is 0.250. The van der Waals surface area contributed by atoms with Crippen LogP contribution in [0.15, 0.2) is 47.3 Å². The maximum atomic E-state index is 13.6. The standard InChI is InChI=1S/C28H22FN3O6/c1-2-28(35)20-8-22-25-18(11-32(22)26(33)19(20)12-36-27(28)34)17(10-30-15-5-3-14(29)4-6-15)16-7-23-24(38-13-37-23)9-21(16)31-25/h3-9,30,35H,2,10-13H2,1H3/t28-/m0/s1. The third-order valence-electron chi connectivity index (χ3n) is 7.61. The Morgan fingerprint density at radius 1 is 1.08 bits per heavy atom. The predicted octanol–water partition coefficient (Wildman–Crippen LogP) is 3.56. The molecule has 4 aromatic rings. The lowest BCUT2D eigenvalue weighted by molar-refractivity contribution is -0.172. The van der Waals surface area contributed by atoms with E-state index in [1.165, 1.54) is 12.1 Å². The van der Waals surface area contributed by atoms with Gasteiger partial charge in [-0.05, 0) is 48.4 Å². The Morgan fingerprint density at radius 3 is 2.61 bits per heavy atom. The molecule has 9 nitrogen and oxygen atoms in total. The van der Waals surface area contributed by atoms with E-state index < -0.39 is 11.6 Å². The zero-order valence-electron chi connectivity index (χ0n) is 20.3. The van der Waals surface area contributed by atoms with Gasteiger partial charge in [-0.2, -0.15) is 0 Å². The number of carbonyl (C=O) groups excluding carboxylic acids is 1. The number of halogens is 1. The normalized spacial score (nSPS) is 18.7. The van der Waals surface area contributed by atoms with Crippen molar-refractivity contribution in [2.75, 3.05) is 12.1 Å². The molecule has 2 aromatic heterocycles. The first-order chi connectivity index (χ1) is 18.4. The quantitative estimate of drug-likeness (QED) is 0.350. The molecule has 2 aromatic carbocycles. The molecular formula is C28H22FN3O6. The van der Waals surface area contributed by atoms with E-state index >= 15 is 0 Å². The van der Waals surface area contributed by atoms with Gasteiger partial charge in [0.2, 0.25) is 6.79 Å². The zero-order valence-corrected chi connectivity index (χ0v) is 20.3. The number of nitrogens with one attached hydrogen (secondary N) is 1. The van der Waals surface area contributed by atoms with Crippen molar-refractivity contribution in [2.45, 2.75) is 38.6 Å². The molecule has 5 heterocycles. The molecule has 3 aliphatic rings. The fourth-order valence-electron chi connectivity index (χ4n) is 5.51. The molecule has 38 heavy (non-hydrogen) atoms. The average Bonchev–Trinajstić information content (AvgIpc) is 3.53. The van der Waals surface area contributed by atoms with E-state index in [9.17, 15) is 19.1 Å². The maximum absolute atomic E-state index is 13.6. The number of hydrogen-bond acceptors (Lipinski definition) is 8. The van der Waals surface area contributed by atoms with Gasteiger partial charge in [0.1, 0.15) is 12.4 Å². The van der Waals surface area contributed by atoms with Gasteiger partial charge in [0.15, 0.2) is 17.1 Å². The average molecular weight is 515 g/mol. The van der Waals surface area contributed by atoms with Gasteiger partial charge in [0.25, 0.3) is 5.56 Å². The number of hydrogen-bond donors (Lipinski definition) is 2. The van der Waals surface area contributed by atoms with Crippen molar-refractivity contribution in [3.8, 4) is 22.9 Å². The number of nitrogens with zero attached hydrogens (tertiary/aromatic N) is 2. The predicted molar refractivity (Wildman–Crippen MR) is 134 cm³/mol. The molecule has 0 saturated carbocycles. The number of fused-ring (bicyclic) bond motifs is 6. The van der Waals surface area contributed by atoms with Crippen molar-refractivity contribution < 1.29 is 28.5 Å². The lowest BCUT2D eigenvalue weighted by Gasteiger charge is -2.31. The number of aliphatic hydroxyl groups is 1.